The summed E-state index contributed by atoms with van der Waals surface area (Å²) >= 11 is 0. The lowest BCUT2D eigenvalue weighted by Gasteiger charge is -2.07. The summed E-state index contributed by atoms with van der Waals surface area (Å²) in [6.07, 6.45) is 1.47. The third kappa shape index (κ3) is 4.54. The Morgan fingerprint density at radius 1 is 1.04 bits per heavy atom. The Balaban J connectivity index is 1.54. The number of fused-ring (bicyclic) bond motifs is 1. The second-order valence-corrected chi connectivity index (χ2v) is 6.51. The SMILES string of the molecule is Cc1[nH]c2ccccc2c1CCNC(=O)c1ccc(CCC(=O)NO)cc1. The summed E-state index contributed by atoms with van der Waals surface area (Å²) in [7, 11) is 0. The Kier molecular flexibility index (Phi) is 5.88. The van der Waals surface area contributed by atoms with E-state index in [4.69, 9.17) is 5.21 Å². The Bertz CT molecular complexity index is 945. The van der Waals surface area contributed by atoms with Crippen molar-refractivity contribution in [3.63, 3.8) is 0 Å². The predicted molar refractivity (Wildman–Crippen MR) is 104 cm³/mol. The van der Waals surface area contributed by atoms with Gasteiger partial charge in [-0.3, -0.25) is 14.8 Å². The van der Waals surface area contributed by atoms with Crippen LogP contribution in [0, 0.1) is 6.92 Å². The monoisotopic (exact) mass is 365 g/mol. The molecule has 6 nitrogen and oxygen atoms in total. The molecule has 0 unspecified atom stereocenters. The molecule has 0 saturated heterocycles. The minimum Gasteiger partial charge on any atom is -0.358 e. The maximum absolute atomic E-state index is 12.3. The van der Waals surface area contributed by atoms with Crippen LogP contribution in [0.2, 0.25) is 0 Å². The molecule has 3 rings (SSSR count). The summed E-state index contributed by atoms with van der Waals surface area (Å²) < 4.78 is 0. The number of hydrogen-bond donors (Lipinski definition) is 4. The Morgan fingerprint density at radius 2 is 1.78 bits per heavy atom. The number of aromatic nitrogens is 1. The van der Waals surface area contributed by atoms with Crippen molar-refractivity contribution >= 4 is 22.7 Å². The molecule has 3 aromatic rings. The molecule has 1 aromatic heterocycles. The summed E-state index contributed by atoms with van der Waals surface area (Å²) in [5.41, 5.74) is 6.59. The maximum atomic E-state index is 12.3. The van der Waals surface area contributed by atoms with E-state index in [1.54, 1.807) is 17.6 Å². The van der Waals surface area contributed by atoms with Crippen molar-refractivity contribution in [1.29, 1.82) is 0 Å². The van der Waals surface area contributed by atoms with E-state index in [2.05, 4.69) is 22.4 Å². The highest BCUT2D eigenvalue weighted by Gasteiger charge is 2.10. The third-order valence-corrected chi connectivity index (χ3v) is 4.67. The number of aromatic amines is 1. The second-order valence-electron chi connectivity index (χ2n) is 6.51. The predicted octanol–water partition coefficient (Wildman–Crippen LogP) is 2.89. The van der Waals surface area contributed by atoms with E-state index in [1.165, 1.54) is 10.9 Å². The summed E-state index contributed by atoms with van der Waals surface area (Å²) in [5, 5.41) is 12.7. The van der Waals surface area contributed by atoms with Crippen molar-refractivity contribution in [3.05, 3.63) is 70.9 Å². The van der Waals surface area contributed by atoms with Crippen molar-refractivity contribution in [1.82, 2.24) is 15.8 Å². The fourth-order valence-corrected chi connectivity index (χ4v) is 3.20. The largest absolute Gasteiger partial charge is 0.358 e. The first-order valence-electron chi connectivity index (χ1n) is 8.94. The topological polar surface area (TPSA) is 94.2 Å². The number of benzene rings is 2. The van der Waals surface area contributed by atoms with Crippen LogP contribution in [0.1, 0.15) is 33.6 Å². The molecule has 2 amide bonds. The van der Waals surface area contributed by atoms with Gasteiger partial charge in [-0.05, 0) is 49.1 Å². The van der Waals surface area contributed by atoms with Crippen LogP contribution >= 0.6 is 0 Å². The second kappa shape index (κ2) is 8.51. The van der Waals surface area contributed by atoms with Crippen LogP contribution in [0.3, 0.4) is 0 Å². The zero-order valence-electron chi connectivity index (χ0n) is 15.2. The van der Waals surface area contributed by atoms with Crippen LogP contribution in [-0.2, 0) is 17.6 Å². The van der Waals surface area contributed by atoms with Gasteiger partial charge < -0.3 is 10.3 Å². The molecule has 0 fully saturated rings. The molecule has 0 radical (unpaired) electrons. The normalized spacial score (nSPS) is 10.7. The number of carbonyl (C=O) groups is 2. The van der Waals surface area contributed by atoms with Crippen molar-refractivity contribution in [2.45, 2.75) is 26.2 Å². The highest BCUT2D eigenvalue weighted by molar-refractivity contribution is 5.94. The summed E-state index contributed by atoms with van der Waals surface area (Å²) in [6.45, 7) is 2.60. The van der Waals surface area contributed by atoms with E-state index < -0.39 is 5.91 Å². The van der Waals surface area contributed by atoms with Crippen LogP contribution in [0.5, 0.6) is 0 Å². The quantitative estimate of drug-likeness (QED) is 0.383. The number of carbonyl (C=O) groups excluding carboxylic acids is 2. The number of amides is 2. The van der Waals surface area contributed by atoms with Gasteiger partial charge in [0.2, 0.25) is 5.91 Å². The number of hydrogen-bond acceptors (Lipinski definition) is 3. The number of hydroxylamine groups is 1. The number of para-hydroxylation sites is 1. The van der Waals surface area contributed by atoms with Gasteiger partial charge >= 0.3 is 0 Å². The zero-order chi connectivity index (χ0) is 19.2. The maximum Gasteiger partial charge on any atom is 0.251 e. The third-order valence-electron chi connectivity index (χ3n) is 4.67. The van der Waals surface area contributed by atoms with Gasteiger partial charge in [-0.2, -0.15) is 0 Å². The van der Waals surface area contributed by atoms with Crippen LogP contribution < -0.4 is 10.8 Å². The molecule has 0 atom stereocenters. The first-order chi connectivity index (χ1) is 13.1. The molecule has 4 N–H and O–H groups in total. The van der Waals surface area contributed by atoms with Crippen molar-refractivity contribution in [2.24, 2.45) is 0 Å². The van der Waals surface area contributed by atoms with Gasteiger partial charge in [-0.15, -0.1) is 0 Å². The molecular weight excluding hydrogens is 342 g/mol. The highest BCUT2D eigenvalue weighted by atomic mass is 16.5. The summed E-state index contributed by atoms with van der Waals surface area (Å²) in [6, 6.07) is 15.3. The van der Waals surface area contributed by atoms with Gasteiger partial charge in [0.1, 0.15) is 0 Å². The van der Waals surface area contributed by atoms with Gasteiger partial charge in [-0.1, -0.05) is 30.3 Å². The molecule has 0 aliphatic carbocycles. The molecule has 2 aromatic carbocycles. The van der Waals surface area contributed by atoms with E-state index in [0.717, 1.165) is 23.2 Å². The lowest BCUT2D eigenvalue weighted by molar-refractivity contribution is -0.129. The number of nitrogens with one attached hydrogen (secondary N) is 3. The van der Waals surface area contributed by atoms with E-state index in [9.17, 15) is 9.59 Å². The standard InChI is InChI=1S/C21H23N3O3/c1-14-17(18-4-2-3-5-19(18)23-14)12-13-22-21(26)16-9-6-15(7-10-16)8-11-20(25)24-27/h2-7,9-10,23,27H,8,11-13H2,1H3,(H,22,26)(H,24,25). The minimum atomic E-state index is -0.426. The van der Waals surface area contributed by atoms with Gasteiger partial charge in [0.05, 0.1) is 0 Å². The average molecular weight is 365 g/mol. The van der Waals surface area contributed by atoms with Crippen molar-refractivity contribution in [2.75, 3.05) is 6.54 Å². The molecule has 0 saturated carbocycles. The molecule has 0 bridgehead atoms. The number of H-pyrrole nitrogens is 1. The molecular formula is C21H23N3O3. The van der Waals surface area contributed by atoms with Crippen molar-refractivity contribution < 1.29 is 14.8 Å². The Hall–Kier alpha value is -3.12. The molecule has 1 heterocycles. The number of rotatable bonds is 7. The highest BCUT2D eigenvalue weighted by Crippen LogP contribution is 2.21. The van der Waals surface area contributed by atoms with Crippen LogP contribution in [0.15, 0.2) is 48.5 Å². The van der Waals surface area contributed by atoms with Gasteiger partial charge in [0.15, 0.2) is 0 Å². The molecule has 0 aliphatic rings. The van der Waals surface area contributed by atoms with Gasteiger partial charge in [0, 0.05) is 35.1 Å². The Morgan fingerprint density at radius 3 is 2.52 bits per heavy atom. The van der Waals surface area contributed by atoms with E-state index in [-0.39, 0.29) is 12.3 Å². The molecule has 0 spiro atoms. The van der Waals surface area contributed by atoms with Gasteiger partial charge in [0.25, 0.3) is 5.91 Å². The summed E-state index contributed by atoms with van der Waals surface area (Å²) in [4.78, 5) is 26.8. The molecule has 140 valence electrons. The van der Waals surface area contributed by atoms with E-state index in [0.29, 0.717) is 18.5 Å². The van der Waals surface area contributed by atoms with E-state index >= 15 is 0 Å². The zero-order valence-corrected chi connectivity index (χ0v) is 15.2. The van der Waals surface area contributed by atoms with E-state index in [1.807, 2.05) is 31.2 Å². The molecule has 0 aliphatic heterocycles. The fraction of sp³-hybridized carbons (Fsp3) is 0.238. The Labute approximate surface area is 157 Å². The first-order valence-corrected chi connectivity index (χ1v) is 8.94. The number of aryl methyl sites for hydroxylation is 2. The smallest absolute Gasteiger partial charge is 0.251 e. The molecule has 6 heteroatoms. The molecule has 27 heavy (non-hydrogen) atoms. The first kappa shape index (κ1) is 18.7. The average Bonchev–Trinajstić information content (AvgIpc) is 3.01. The minimum absolute atomic E-state index is 0.118. The van der Waals surface area contributed by atoms with Crippen LogP contribution in [0.4, 0.5) is 0 Å². The van der Waals surface area contributed by atoms with Crippen LogP contribution in [0.25, 0.3) is 10.9 Å². The van der Waals surface area contributed by atoms with Gasteiger partial charge in [-0.25, -0.2) is 5.48 Å². The van der Waals surface area contributed by atoms with Crippen LogP contribution in [-0.4, -0.2) is 28.6 Å². The lowest BCUT2D eigenvalue weighted by Crippen LogP contribution is -2.25. The summed E-state index contributed by atoms with van der Waals surface area (Å²) in [5.74, 6) is -0.545. The van der Waals surface area contributed by atoms with Crippen molar-refractivity contribution in [3.8, 4) is 0 Å². The fourth-order valence-electron chi connectivity index (χ4n) is 3.20. The lowest BCUT2D eigenvalue weighted by atomic mass is 10.1.